The number of rotatable bonds is 5. The van der Waals surface area contributed by atoms with Crippen molar-refractivity contribution in [1.29, 1.82) is 0 Å². The standard InChI is InChI=1S/C20H27N3O4S/c1-20(10-11-20)21-28(26,27)15-8-9-17-16(12-15)18(24)23(19(25)22(17)2)13-14-6-4-3-5-7-14/h8-9,12,14,21H,3-7,10-11,13H2,1-2H3. The normalized spacial score (nSPS) is 19.8. The largest absolute Gasteiger partial charge is 0.331 e. The van der Waals surface area contributed by atoms with Crippen LogP contribution in [0.2, 0.25) is 0 Å². The second-order valence-corrected chi connectivity index (χ2v) is 10.3. The van der Waals surface area contributed by atoms with Gasteiger partial charge in [-0.15, -0.1) is 0 Å². The molecule has 7 nitrogen and oxygen atoms in total. The molecule has 2 aliphatic carbocycles. The maximum absolute atomic E-state index is 13.1. The highest BCUT2D eigenvalue weighted by molar-refractivity contribution is 7.89. The van der Waals surface area contributed by atoms with Crippen molar-refractivity contribution in [2.45, 2.75) is 68.8 Å². The first-order chi connectivity index (χ1) is 13.2. The Bertz CT molecular complexity index is 1140. The van der Waals surface area contributed by atoms with Crippen molar-refractivity contribution in [3.05, 3.63) is 39.0 Å². The fraction of sp³-hybridized carbons (Fsp3) is 0.600. The van der Waals surface area contributed by atoms with E-state index in [9.17, 15) is 18.0 Å². The van der Waals surface area contributed by atoms with Gasteiger partial charge in [-0.05, 0) is 56.7 Å². The predicted octanol–water partition coefficient (Wildman–Crippen LogP) is 2.11. The van der Waals surface area contributed by atoms with Crippen LogP contribution in [-0.2, 0) is 23.6 Å². The highest BCUT2D eigenvalue weighted by Crippen LogP contribution is 2.36. The Morgan fingerprint density at radius 3 is 2.46 bits per heavy atom. The summed E-state index contributed by atoms with van der Waals surface area (Å²) in [6.07, 6.45) is 7.11. The van der Waals surface area contributed by atoms with Crippen LogP contribution >= 0.6 is 0 Å². The van der Waals surface area contributed by atoms with Crippen LogP contribution in [0, 0.1) is 5.92 Å². The summed E-state index contributed by atoms with van der Waals surface area (Å²) in [5, 5.41) is 0.265. The Balaban J connectivity index is 1.79. The monoisotopic (exact) mass is 405 g/mol. The molecule has 1 aromatic carbocycles. The molecule has 152 valence electrons. The molecule has 0 aliphatic heterocycles. The van der Waals surface area contributed by atoms with Gasteiger partial charge in [0, 0.05) is 19.1 Å². The molecule has 0 amide bonds. The second-order valence-electron chi connectivity index (χ2n) is 8.61. The minimum absolute atomic E-state index is 0.0630. The number of benzene rings is 1. The van der Waals surface area contributed by atoms with Crippen LogP contribution in [0.1, 0.15) is 51.9 Å². The molecular formula is C20H27N3O4S. The van der Waals surface area contributed by atoms with E-state index in [2.05, 4.69) is 4.72 Å². The average Bonchev–Trinajstić information content (AvgIpc) is 3.39. The Morgan fingerprint density at radius 2 is 1.82 bits per heavy atom. The summed E-state index contributed by atoms with van der Waals surface area (Å²) >= 11 is 0. The van der Waals surface area contributed by atoms with Crippen molar-refractivity contribution in [2.24, 2.45) is 13.0 Å². The van der Waals surface area contributed by atoms with E-state index >= 15 is 0 Å². The summed E-state index contributed by atoms with van der Waals surface area (Å²) in [6, 6.07) is 4.41. The first kappa shape index (κ1) is 19.4. The lowest BCUT2D eigenvalue weighted by Crippen LogP contribution is -2.41. The topological polar surface area (TPSA) is 90.2 Å². The minimum Gasteiger partial charge on any atom is -0.296 e. The molecule has 4 rings (SSSR count). The minimum atomic E-state index is -3.71. The van der Waals surface area contributed by atoms with Gasteiger partial charge in [0.15, 0.2) is 0 Å². The van der Waals surface area contributed by atoms with Crippen LogP contribution in [0.3, 0.4) is 0 Å². The number of sulfonamides is 1. The Labute approximate surface area is 164 Å². The van der Waals surface area contributed by atoms with E-state index in [0.29, 0.717) is 18.0 Å². The lowest BCUT2D eigenvalue weighted by molar-refractivity contribution is 0.310. The van der Waals surface area contributed by atoms with Gasteiger partial charge in [-0.3, -0.25) is 13.9 Å². The molecule has 0 spiro atoms. The predicted molar refractivity (Wildman–Crippen MR) is 108 cm³/mol. The zero-order valence-corrected chi connectivity index (χ0v) is 17.2. The molecule has 0 saturated heterocycles. The van der Waals surface area contributed by atoms with Gasteiger partial charge in [0.05, 0.1) is 15.8 Å². The summed E-state index contributed by atoms with van der Waals surface area (Å²) in [5.74, 6) is 0.319. The van der Waals surface area contributed by atoms with Gasteiger partial charge in [0.1, 0.15) is 0 Å². The molecule has 2 fully saturated rings. The Hall–Kier alpha value is -1.93. The molecule has 0 atom stereocenters. The highest BCUT2D eigenvalue weighted by Gasteiger charge is 2.41. The van der Waals surface area contributed by atoms with Crippen LogP contribution in [0.5, 0.6) is 0 Å². The van der Waals surface area contributed by atoms with Crippen molar-refractivity contribution in [3.8, 4) is 0 Å². The number of hydrogen-bond acceptors (Lipinski definition) is 4. The summed E-state index contributed by atoms with van der Waals surface area (Å²) in [4.78, 5) is 25.9. The van der Waals surface area contributed by atoms with Gasteiger partial charge in [-0.25, -0.2) is 17.9 Å². The van der Waals surface area contributed by atoms with E-state index in [1.165, 1.54) is 27.7 Å². The molecule has 0 radical (unpaired) electrons. The Kier molecular flexibility index (Phi) is 4.74. The van der Waals surface area contributed by atoms with Gasteiger partial charge < -0.3 is 0 Å². The molecular weight excluding hydrogens is 378 g/mol. The number of aryl methyl sites for hydroxylation is 1. The Morgan fingerprint density at radius 1 is 1.14 bits per heavy atom. The van der Waals surface area contributed by atoms with Crippen LogP contribution in [-0.4, -0.2) is 23.1 Å². The number of hydrogen-bond donors (Lipinski definition) is 1. The lowest BCUT2D eigenvalue weighted by atomic mass is 9.89. The molecule has 1 heterocycles. The van der Waals surface area contributed by atoms with Crippen LogP contribution in [0.25, 0.3) is 10.9 Å². The quantitative estimate of drug-likeness (QED) is 0.825. The second kappa shape index (κ2) is 6.84. The average molecular weight is 406 g/mol. The van der Waals surface area contributed by atoms with E-state index < -0.39 is 21.1 Å². The van der Waals surface area contributed by atoms with Gasteiger partial charge >= 0.3 is 5.69 Å². The van der Waals surface area contributed by atoms with Crippen molar-refractivity contribution in [1.82, 2.24) is 13.9 Å². The fourth-order valence-electron chi connectivity index (χ4n) is 4.12. The third kappa shape index (κ3) is 3.55. The molecule has 28 heavy (non-hydrogen) atoms. The zero-order chi connectivity index (χ0) is 20.1. The van der Waals surface area contributed by atoms with Gasteiger partial charge in [0.25, 0.3) is 5.56 Å². The van der Waals surface area contributed by atoms with Crippen molar-refractivity contribution < 1.29 is 8.42 Å². The van der Waals surface area contributed by atoms with Gasteiger partial charge in [-0.1, -0.05) is 19.3 Å². The van der Waals surface area contributed by atoms with E-state index in [0.717, 1.165) is 38.5 Å². The van der Waals surface area contributed by atoms with Crippen LogP contribution in [0.4, 0.5) is 0 Å². The lowest BCUT2D eigenvalue weighted by Gasteiger charge is -2.22. The van der Waals surface area contributed by atoms with Gasteiger partial charge in [0.2, 0.25) is 10.0 Å². The molecule has 1 aromatic heterocycles. The summed E-state index contributed by atoms with van der Waals surface area (Å²) < 4.78 is 30.8. The third-order valence-electron chi connectivity index (χ3n) is 6.18. The maximum Gasteiger partial charge on any atom is 0.331 e. The zero-order valence-electron chi connectivity index (χ0n) is 16.4. The summed E-state index contributed by atoms with van der Waals surface area (Å²) in [7, 11) is -2.09. The molecule has 2 aromatic rings. The summed E-state index contributed by atoms with van der Waals surface area (Å²) in [5.41, 5.74) is -0.689. The number of nitrogens with zero attached hydrogens (tertiary/aromatic N) is 2. The van der Waals surface area contributed by atoms with Crippen LogP contribution in [0.15, 0.2) is 32.7 Å². The molecule has 0 unspecified atom stereocenters. The van der Waals surface area contributed by atoms with Crippen molar-refractivity contribution in [2.75, 3.05) is 0 Å². The molecule has 2 aliphatic rings. The number of aromatic nitrogens is 2. The van der Waals surface area contributed by atoms with Crippen molar-refractivity contribution >= 4 is 20.9 Å². The van der Waals surface area contributed by atoms with E-state index in [-0.39, 0.29) is 16.0 Å². The maximum atomic E-state index is 13.1. The van der Waals surface area contributed by atoms with Crippen LogP contribution < -0.4 is 16.0 Å². The molecule has 2 saturated carbocycles. The number of nitrogens with one attached hydrogen (secondary N) is 1. The number of fused-ring (bicyclic) bond motifs is 1. The molecule has 0 bridgehead atoms. The fourth-order valence-corrected chi connectivity index (χ4v) is 5.62. The summed E-state index contributed by atoms with van der Waals surface area (Å²) in [6.45, 7) is 2.27. The SMILES string of the molecule is Cn1c(=O)n(CC2CCCCC2)c(=O)c2cc(S(=O)(=O)NC3(C)CC3)ccc21. The molecule has 8 heteroatoms. The van der Waals surface area contributed by atoms with Crippen molar-refractivity contribution in [3.63, 3.8) is 0 Å². The molecule has 1 N–H and O–H groups in total. The van der Waals surface area contributed by atoms with E-state index in [1.54, 1.807) is 13.1 Å². The van der Waals surface area contributed by atoms with Gasteiger partial charge in [-0.2, -0.15) is 0 Å². The third-order valence-corrected chi connectivity index (χ3v) is 7.82. The first-order valence-electron chi connectivity index (χ1n) is 9.98. The highest BCUT2D eigenvalue weighted by atomic mass is 32.2. The van der Waals surface area contributed by atoms with E-state index in [1.807, 2.05) is 6.92 Å². The first-order valence-corrected chi connectivity index (χ1v) is 11.5. The smallest absolute Gasteiger partial charge is 0.296 e. The van der Waals surface area contributed by atoms with E-state index in [4.69, 9.17) is 0 Å².